The fraction of sp³-hybridized carbons (Fsp3) is 1.00. The van der Waals surface area contributed by atoms with Crippen LogP contribution in [-0.2, 0) is 0 Å². The van der Waals surface area contributed by atoms with Crippen LogP contribution >= 0.6 is 11.8 Å². The summed E-state index contributed by atoms with van der Waals surface area (Å²) in [5.41, 5.74) is 6.91. The van der Waals surface area contributed by atoms with Crippen LogP contribution in [0.4, 0.5) is 0 Å². The average molecular weight is 286 g/mol. The smallest absolute Gasteiger partial charge is 0.0430 e. The van der Waals surface area contributed by atoms with Crippen molar-refractivity contribution in [1.82, 2.24) is 9.80 Å². The van der Waals surface area contributed by atoms with Gasteiger partial charge >= 0.3 is 0 Å². The van der Waals surface area contributed by atoms with Crippen LogP contribution in [0.2, 0.25) is 0 Å². The Hall–Kier alpha value is 0.230. The zero-order valence-electron chi connectivity index (χ0n) is 13.1. The normalized spacial score (nSPS) is 38.1. The maximum Gasteiger partial charge on any atom is 0.0430 e. The van der Waals surface area contributed by atoms with E-state index in [4.69, 9.17) is 5.73 Å². The van der Waals surface area contributed by atoms with E-state index in [0.717, 1.165) is 6.54 Å². The lowest BCUT2D eigenvalue weighted by Gasteiger charge is -2.52. The Labute approximate surface area is 123 Å². The molecule has 2 heterocycles. The highest BCUT2D eigenvalue weighted by Gasteiger charge is 2.45. The molecule has 0 aromatic rings. The Kier molecular flexibility index (Phi) is 4.87. The highest BCUT2D eigenvalue weighted by Crippen LogP contribution is 2.42. The average Bonchev–Trinajstić information content (AvgIpc) is 2.49. The number of nitrogens with two attached hydrogens (primary N) is 1. The minimum Gasteiger partial charge on any atom is -0.329 e. The first-order valence-corrected chi connectivity index (χ1v) is 8.77. The summed E-state index contributed by atoms with van der Waals surface area (Å²) in [5.74, 6) is 2.48. The van der Waals surface area contributed by atoms with Crippen LogP contribution < -0.4 is 5.73 Å². The lowest BCUT2D eigenvalue weighted by molar-refractivity contribution is 0.0381. The molecule has 0 aromatic carbocycles. The van der Waals surface area contributed by atoms with Gasteiger partial charge in [0.05, 0.1) is 0 Å². The number of hydrogen-bond acceptors (Lipinski definition) is 4. The zero-order valence-corrected chi connectivity index (χ0v) is 13.9. The summed E-state index contributed by atoms with van der Waals surface area (Å²) in [6, 6.07) is 0.616. The summed E-state index contributed by atoms with van der Waals surface area (Å²) in [4.78, 5) is 5.21. The molecule has 3 nitrogen and oxygen atoms in total. The first-order chi connectivity index (χ1) is 8.88. The van der Waals surface area contributed by atoms with E-state index in [-0.39, 0.29) is 5.54 Å². The molecule has 0 saturated carbocycles. The van der Waals surface area contributed by atoms with Crippen molar-refractivity contribution in [2.45, 2.75) is 45.2 Å². The fourth-order valence-electron chi connectivity index (χ4n) is 4.02. The molecule has 0 bridgehead atoms. The van der Waals surface area contributed by atoms with Gasteiger partial charge in [-0.3, -0.25) is 4.90 Å². The van der Waals surface area contributed by atoms with Gasteiger partial charge in [-0.05, 0) is 44.5 Å². The van der Waals surface area contributed by atoms with Gasteiger partial charge in [-0.2, -0.15) is 11.8 Å². The summed E-state index contributed by atoms with van der Waals surface area (Å²) in [5, 5.41) is 0. The van der Waals surface area contributed by atoms with E-state index in [1.165, 1.54) is 44.0 Å². The molecule has 2 unspecified atom stereocenters. The van der Waals surface area contributed by atoms with E-state index >= 15 is 0 Å². The van der Waals surface area contributed by atoms with Crippen LogP contribution in [0.25, 0.3) is 0 Å². The molecular weight excluding hydrogens is 254 g/mol. The zero-order chi connectivity index (χ0) is 14.1. The molecule has 0 spiro atoms. The quantitative estimate of drug-likeness (QED) is 0.839. The van der Waals surface area contributed by atoms with E-state index in [9.17, 15) is 0 Å². The molecule has 2 atom stereocenters. The van der Waals surface area contributed by atoms with Gasteiger partial charge in [0.25, 0.3) is 0 Å². The minimum atomic E-state index is 0.219. The van der Waals surface area contributed by atoms with Gasteiger partial charge in [0.15, 0.2) is 0 Å². The Bertz CT molecular complexity index is 308. The van der Waals surface area contributed by atoms with E-state index < -0.39 is 0 Å². The molecule has 0 aromatic heterocycles. The maximum absolute atomic E-state index is 6.27. The molecule has 4 heteroatoms. The molecule has 2 saturated heterocycles. The Morgan fingerprint density at radius 3 is 2.63 bits per heavy atom. The molecule has 112 valence electrons. The van der Waals surface area contributed by atoms with Crippen LogP contribution in [0.5, 0.6) is 0 Å². The van der Waals surface area contributed by atoms with Gasteiger partial charge in [0, 0.05) is 37.0 Å². The second-order valence-electron chi connectivity index (χ2n) is 7.42. The first kappa shape index (κ1) is 15.6. The highest BCUT2D eigenvalue weighted by atomic mass is 32.2. The summed E-state index contributed by atoms with van der Waals surface area (Å²) in [6.45, 7) is 11.6. The minimum absolute atomic E-state index is 0.219. The van der Waals surface area contributed by atoms with Crippen LogP contribution in [0.1, 0.15) is 33.6 Å². The van der Waals surface area contributed by atoms with Crippen molar-refractivity contribution in [2.24, 2.45) is 11.1 Å². The second-order valence-corrected chi connectivity index (χ2v) is 8.41. The van der Waals surface area contributed by atoms with Crippen molar-refractivity contribution in [3.63, 3.8) is 0 Å². The predicted octanol–water partition coefficient (Wildman–Crippen LogP) is 1.87. The van der Waals surface area contributed by atoms with Crippen LogP contribution in [-0.4, -0.2) is 66.1 Å². The topological polar surface area (TPSA) is 32.5 Å². The Morgan fingerprint density at radius 2 is 2.00 bits per heavy atom. The summed E-state index contributed by atoms with van der Waals surface area (Å²) < 4.78 is 0. The van der Waals surface area contributed by atoms with Gasteiger partial charge in [-0.15, -0.1) is 0 Å². The molecule has 0 radical (unpaired) electrons. The molecule has 2 aliphatic rings. The summed E-state index contributed by atoms with van der Waals surface area (Å²) >= 11 is 2.10. The lowest BCUT2D eigenvalue weighted by Crippen LogP contribution is -2.63. The Morgan fingerprint density at radius 1 is 1.26 bits per heavy atom. The number of rotatable bonds is 2. The maximum atomic E-state index is 6.27. The fourth-order valence-corrected chi connectivity index (χ4v) is 5.54. The third kappa shape index (κ3) is 3.46. The SMILES string of the molecule is CC1CN(C)CCCN1C1(CN)CSCC(C)(C)C1. The molecule has 0 aliphatic carbocycles. The van der Waals surface area contributed by atoms with Gasteiger partial charge < -0.3 is 10.6 Å². The van der Waals surface area contributed by atoms with Crippen molar-refractivity contribution in [2.75, 3.05) is 44.7 Å². The van der Waals surface area contributed by atoms with E-state index in [1.807, 2.05) is 0 Å². The van der Waals surface area contributed by atoms with Crippen molar-refractivity contribution in [3.05, 3.63) is 0 Å². The molecule has 2 rings (SSSR count). The van der Waals surface area contributed by atoms with Gasteiger partial charge in [-0.1, -0.05) is 13.8 Å². The standard InChI is InChI=1S/C15H31N3S/c1-13-8-17(4)6-5-7-18(13)15(10-16)9-14(2,3)11-19-12-15/h13H,5-12,16H2,1-4H3. The predicted molar refractivity (Wildman–Crippen MR) is 85.8 cm³/mol. The second kappa shape index (κ2) is 5.92. The number of likely N-dealkylation sites (N-methyl/N-ethyl adjacent to an activating group) is 1. The van der Waals surface area contributed by atoms with Gasteiger partial charge in [0.1, 0.15) is 0 Å². The van der Waals surface area contributed by atoms with Crippen molar-refractivity contribution >= 4 is 11.8 Å². The molecule has 2 aliphatic heterocycles. The van der Waals surface area contributed by atoms with Crippen LogP contribution in [0.15, 0.2) is 0 Å². The van der Waals surface area contributed by atoms with Crippen molar-refractivity contribution in [3.8, 4) is 0 Å². The van der Waals surface area contributed by atoms with Gasteiger partial charge in [0.2, 0.25) is 0 Å². The van der Waals surface area contributed by atoms with E-state index in [0.29, 0.717) is 11.5 Å². The molecule has 2 fully saturated rings. The summed E-state index contributed by atoms with van der Waals surface area (Å²) in [6.07, 6.45) is 2.52. The van der Waals surface area contributed by atoms with Crippen LogP contribution in [0, 0.1) is 5.41 Å². The Balaban J connectivity index is 2.19. The molecule has 2 N–H and O–H groups in total. The molecular formula is C15H31N3S. The molecule has 0 amide bonds. The third-order valence-electron chi connectivity index (χ3n) is 4.71. The lowest BCUT2D eigenvalue weighted by atomic mass is 9.78. The third-order valence-corrected chi connectivity index (χ3v) is 6.43. The monoisotopic (exact) mass is 285 g/mol. The number of thioether (sulfide) groups is 1. The van der Waals surface area contributed by atoms with Crippen molar-refractivity contribution in [1.29, 1.82) is 0 Å². The highest BCUT2D eigenvalue weighted by molar-refractivity contribution is 7.99. The van der Waals surface area contributed by atoms with Gasteiger partial charge in [-0.25, -0.2) is 0 Å². The van der Waals surface area contributed by atoms with Crippen molar-refractivity contribution < 1.29 is 0 Å². The number of hydrogen-bond donors (Lipinski definition) is 1. The van der Waals surface area contributed by atoms with E-state index in [1.54, 1.807) is 0 Å². The number of nitrogens with zero attached hydrogens (tertiary/aromatic N) is 2. The summed E-state index contributed by atoms with van der Waals surface area (Å²) in [7, 11) is 2.24. The first-order valence-electron chi connectivity index (χ1n) is 7.62. The van der Waals surface area contributed by atoms with Crippen LogP contribution in [0.3, 0.4) is 0 Å². The molecule has 19 heavy (non-hydrogen) atoms. The largest absolute Gasteiger partial charge is 0.329 e. The van der Waals surface area contributed by atoms with E-state index in [2.05, 4.69) is 49.4 Å².